The first kappa shape index (κ1) is 14.7. The van der Waals surface area contributed by atoms with Crippen LogP contribution in [-0.2, 0) is 14.3 Å². The lowest BCUT2D eigenvalue weighted by Crippen LogP contribution is -2.49. The molecule has 0 saturated carbocycles. The fraction of sp³-hybridized carbons (Fsp3) is 0.909. The Morgan fingerprint density at radius 3 is 2.94 bits per heavy atom. The first-order chi connectivity index (χ1) is 7.83. The third kappa shape index (κ3) is 3.55. The second-order valence-corrected chi connectivity index (χ2v) is 4.32. The van der Waals surface area contributed by atoms with Gasteiger partial charge in [0.25, 0.3) is 5.91 Å². The Hall–Kier alpha value is -0.360. The molecule has 2 unspecified atom stereocenters. The minimum atomic E-state index is -0.383. The van der Waals surface area contributed by atoms with Gasteiger partial charge in [-0.1, -0.05) is 0 Å². The zero-order valence-electron chi connectivity index (χ0n) is 10.2. The van der Waals surface area contributed by atoms with Crippen LogP contribution in [0.2, 0.25) is 0 Å². The fourth-order valence-electron chi connectivity index (χ4n) is 2.39. The molecule has 0 aromatic rings. The van der Waals surface area contributed by atoms with Crippen LogP contribution >= 0.6 is 12.4 Å². The summed E-state index contributed by atoms with van der Waals surface area (Å²) in [5, 5.41) is 3.13. The molecule has 2 fully saturated rings. The molecule has 1 amide bonds. The number of ether oxygens (including phenoxy) is 2. The Kier molecular flexibility index (Phi) is 6.19. The van der Waals surface area contributed by atoms with E-state index in [9.17, 15) is 4.79 Å². The van der Waals surface area contributed by atoms with Crippen molar-refractivity contribution in [1.29, 1.82) is 0 Å². The Morgan fingerprint density at radius 2 is 2.29 bits per heavy atom. The minimum Gasteiger partial charge on any atom is -0.376 e. The number of rotatable bonds is 3. The molecule has 2 aliphatic rings. The highest BCUT2D eigenvalue weighted by molar-refractivity contribution is 5.85. The lowest BCUT2D eigenvalue weighted by atomic mass is 10.2. The lowest BCUT2D eigenvalue weighted by molar-refractivity contribution is -0.158. The van der Waals surface area contributed by atoms with Crippen molar-refractivity contribution in [2.75, 3.05) is 40.0 Å². The van der Waals surface area contributed by atoms with Gasteiger partial charge in [-0.05, 0) is 19.9 Å². The van der Waals surface area contributed by atoms with E-state index in [0.717, 1.165) is 25.9 Å². The molecule has 1 N–H and O–H groups in total. The van der Waals surface area contributed by atoms with Crippen molar-refractivity contribution in [3.63, 3.8) is 0 Å². The van der Waals surface area contributed by atoms with E-state index < -0.39 is 0 Å². The van der Waals surface area contributed by atoms with Crippen LogP contribution < -0.4 is 5.32 Å². The number of carbonyl (C=O) groups is 1. The molecule has 5 nitrogen and oxygen atoms in total. The summed E-state index contributed by atoms with van der Waals surface area (Å²) < 4.78 is 10.7. The molecule has 2 heterocycles. The molecule has 0 spiro atoms. The SMILES string of the molecule is CNCC1CCCN1C(=O)C1COCCO1.Cl. The van der Waals surface area contributed by atoms with E-state index in [0.29, 0.717) is 25.9 Å². The highest BCUT2D eigenvalue weighted by atomic mass is 35.5. The summed E-state index contributed by atoms with van der Waals surface area (Å²) in [5.41, 5.74) is 0. The van der Waals surface area contributed by atoms with Crippen LogP contribution in [0.3, 0.4) is 0 Å². The van der Waals surface area contributed by atoms with Crippen molar-refractivity contribution in [2.24, 2.45) is 0 Å². The monoisotopic (exact) mass is 264 g/mol. The number of likely N-dealkylation sites (N-methyl/N-ethyl adjacent to an activating group) is 1. The number of likely N-dealkylation sites (tertiary alicyclic amines) is 1. The zero-order valence-corrected chi connectivity index (χ0v) is 11.0. The molecule has 2 atom stereocenters. The molecule has 0 radical (unpaired) electrons. The molecular weight excluding hydrogens is 244 g/mol. The van der Waals surface area contributed by atoms with Gasteiger partial charge in [-0.15, -0.1) is 12.4 Å². The molecule has 6 heteroatoms. The first-order valence-corrected chi connectivity index (χ1v) is 5.97. The Labute approximate surface area is 108 Å². The topological polar surface area (TPSA) is 50.8 Å². The van der Waals surface area contributed by atoms with E-state index in [2.05, 4.69) is 5.32 Å². The van der Waals surface area contributed by atoms with E-state index in [-0.39, 0.29) is 24.4 Å². The third-order valence-electron chi connectivity index (χ3n) is 3.19. The van der Waals surface area contributed by atoms with Gasteiger partial charge in [-0.25, -0.2) is 0 Å². The van der Waals surface area contributed by atoms with Gasteiger partial charge in [0, 0.05) is 19.1 Å². The summed E-state index contributed by atoms with van der Waals surface area (Å²) in [7, 11) is 1.92. The summed E-state index contributed by atoms with van der Waals surface area (Å²) in [4.78, 5) is 14.1. The van der Waals surface area contributed by atoms with Crippen molar-refractivity contribution in [3.8, 4) is 0 Å². The van der Waals surface area contributed by atoms with Gasteiger partial charge in [0.05, 0.1) is 19.8 Å². The minimum absolute atomic E-state index is 0. The van der Waals surface area contributed by atoms with Gasteiger partial charge in [0.1, 0.15) is 0 Å². The predicted molar refractivity (Wildman–Crippen MR) is 66.5 cm³/mol. The number of carbonyl (C=O) groups excluding carboxylic acids is 1. The van der Waals surface area contributed by atoms with Crippen LogP contribution in [0, 0.1) is 0 Å². The quantitative estimate of drug-likeness (QED) is 0.782. The maximum absolute atomic E-state index is 12.2. The molecule has 2 rings (SSSR count). The predicted octanol–water partition coefficient (Wildman–Crippen LogP) is 0.0340. The molecule has 0 bridgehead atoms. The normalized spacial score (nSPS) is 28.9. The van der Waals surface area contributed by atoms with Crippen molar-refractivity contribution in [2.45, 2.75) is 25.0 Å². The first-order valence-electron chi connectivity index (χ1n) is 5.97. The highest BCUT2D eigenvalue weighted by Gasteiger charge is 2.34. The van der Waals surface area contributed by atoms with Crippen molar-refractivity contribution >= 4 is 18.3 Å². The third-order valence-corrected chi connectivity index (χ3v) is 3.19. The van der Waals surface area contributed by atoms with Crippen LogP contribution in [0.15, 0.2) is 0 Å². The summed E-state index contributed by atoms with van der Waals surface area (Å²) in [5.74, 6) is 0.0949. The van der Waals surface area contributed by atoms with Gasteiger partial charge in [-0.3, -0.25) is 4.79 Å². The largest absolute Gasteiger partial charge is 0.376 e. The molecule has 100 valence electrons. The van der Waals surface area contributed by atoms with E-state index in [4.69, 9.17) is 9.47 Å². The standard InChI is InChI=1S/C11H20N2O3.ClH/c1-12-7-9-3-2-4-13(9)11(14)10-8-15-5-6-16-10;/h9-10,12H,2-8H2,1H3;1H. The molecule has 2 aliphatic heterocycles. The number of halogens is 1. The van der Waals surface area contributed by atoms with Crippen LogP contribution in [0.25, 0.3) is 0 Å². The van der Waals surface area contributed by atoms with Crippen molar-refractivity contribution in [1.82, 2.24) is 10.2 Å². The maximum atomic E-state index is 12.2. The van der Waals surface area contributed by atoms with Gasteiger partial charge >= 0.3 is 0 Å². The maximum Gasteiger partial charge on any atom is 0.254 e. The van der Waals surface area contributed by atoms with Gasteiger partial charge < -0.3 is 19.7 Å². The van der Waals surface area contributed by atoms with Crippen LogP contribution in [0.4, 0.5) is 0 Å². The summed E-state index contributed by atoms with van der Waals surface area (Å²) >= 11 is 0. The smallest absolute Gasteiger partial charge is 0.254 e. The Balaban J connectivity index is 0.00000144. The Bertz CT molecular complexity index is 247. The second kappa shape index (κ2) is 7.16. The second-order valence-electron chi connectivity index (χ2n) is 4.32. The van der Waals surface area contributed by atoms with E-state index in [1.807, 2.05) is 11.9 Å². The highest BCUT2D eigenvalue weighted by Crippen LogP contribution is 2.19. The molecule has 0 aromatic carbocycles. The number of nitrogens with zero attached hydrogens (tertiary/aromatic N) is 1. The van der Waals surface area contributed by atoms with Crippen LogP contribution in [0.1, 0.15) is 12.8 Å². The Morgan fingerprint density at radius 1 is 1.47 bits per heavy atom. The van der Waals surface area contributed by atoms with E-state index >= 15 is 0 Å². The van der Waals surface area contributed by atoms with Crippen molar-refractivity contribution < 1.29 is 14.3 Å². The molecule has 2 saturated heterocycles. The van der Waals surface area contributed by atoms with Gasteiger partial charge in [-0.2, -0.15) is 0 Å². The average molecular weight is 265 g/mol. The van der Waals surface area contributed by atoms with Gasteiger partial charge in [0.15, 0.2) is 6.10 Å². The molecule has 0 aromatic heterocycles. The lowest BCUT2D eigenvalue weighted by Gasteiger charge is -2.30. The summed E-state index contributed by atoms with van der Waals surface area (Å²) in [6.07, 6.45) is 1.79. The van der Waals surface area contributed by atoms with E-state index in [1.165, 1.54) is 0 Å². The number of hydrogen-bond donors (Lipinski definition) is 1. The number of nitrogens with one attached hydrogen (secondary N) is 1. The zero-order chi connectivity index (χ0) is 11.4. The van der Waals surface area contributed by atoms with E-state index in [1.54, 1.807) is 0 Å². The molecule has 17 heavy (non-hydrogen) atoms. The van der Waals surface area contributed by atoms with Crippen molar-refractivity contribution in [3.05, 3.63) is 0 Å². The van der Waals surface area contributed by atoms with Crippen LogP contribution in [-0.4, -0.2) is 62.9 Å². The number of hydrogen-bond acceptors (Lipinski definition) is 4. The number of amides is 1. The van der Waals surface area contributed by atoms with Crippen LogP contribution in [0.5, 0.6) is 0 Å². The fourth-order valence-corrected chi connectivity index (χ4v) is 2.39. The molecule has 0 aliphatic carbocycles. The summed E-state index contributed by atoms with van der Waals surface area (Å²) in [6.45, 7) is 3.25. The molecular formula is C11H21ClN2O3. The average Bonchev–Trinajstić information content (AvgIpc) is 2.78. The summed E-state index contributed by atoms with van der Waals surface area (Å²) in [6, 6.07) is 0.322. The van der Waals surface area contributed by atoms with Gasteiger partial charge in [0.2, 0.25) is 0 Å².